The molecule has 7 heteroatoms. The molecular formula is C16H33F2N5. The maximum atomic E-state index is 12.4. The molecule has 1 saturated heterocycles. The minimum atomic E-state index is -2.24. The largest absolute Gasteiger partial charge is 0.357 e. The molecule has 0 saturated carbocycles. The number of alkyl halides is 2. The maximum Gasteiger partial charge on any atom is 0.251 e. The highest BCUT2D eigenvalue weighted by Gasteiger charge is 2.21. The van der Waals surface area contributed by atoms with Gasteiger partial charge in [0.15, 0.2) is 5.96 Å². The summed E-state index contributed by atoms with van der Waals surface area (Å²) in [4.78, 5) is 6.41. The van der Waals surface area contributed by atoms with Crippen molar-refractivity contribution in [2.45, 2.75) is 58.5 Å². The predicted molar refractivity (Wildman–Crippen MR) is 92.3 cm³/mol. The SMILES string of the molecule is CCNC(=NCCNC(C)(C)C)NC1CCN(CC(F)F)CC1. The highest BCUT2D eigenvalue weighted by atomic mass is 19.3. The molecule has 0 spiro atoms. The number of piperidine rings is 1. The fourth-order valence-electron chi connectivity index (χ4n) is 2.57. The molecule has 0 radical (unpaired) electrons. The third-order valence-electron chi connectivity index (χ3n) is 3.71. The van der Waals surface area contributed by atoms with Gasteiger partial charge in [0.2, 0.25) is 0 Å². The molecular weight excluding hydrogens is 300 g/mol. The monoisotopic (exact) mass is 333 g/mol. The summed E-state index contributed by atoms with van der Waals surface area (Å²) in [6.45, 7) is 12.1. The molecule has 1 aliphatic heterocycles. The van der Waals surface area contributed by atoms with E-state index >= 15 is 0 Å². The number of rotatable bonds is 7. The van der Waals surface area contributed by atoms with E-state index in [1.807, 2.05) is 11.8 Å². The van der Waals surface area contributed by atoms with Crippen molar-refractivity contribution in [2.75, 3.05) is 39.3 Å². The van der Waals surface area contributed by atoms with Crippen LogP contribution in [0.15, 0.2) is 4.99 Å². The molecule has 1 fully saturated rings. The van der Waals surface area contributed by atoms with Gasteiger partial charge in [-0.2, -0.15) is 0 Å². The highest BCUT2D eigenvalue weighted by molar-refractivity contribution is 5.80. The average Bonchev–Trinajstić information content (AvgIpc) is 2.44. The molecule has 1 aliphatic rings. The summed E-state index contributed by atoms with van der Waals surface area (Å²) >= 11 is 0. The van der Waals surface area contributed by atoms with Crippen LogP contribution in [0.2, 0.25) is 0 Å². The molecule has 0 atom stereocenters. The predicted octanol–water partition coefficient (Wildman–Crippen LogP) is 1.66. The molecule has 1 rings (SSSR count). The van der Waals surface area contributed by atoms with E-state index in [9.17, 15) is 8.78 Å². The molecule has 0 aromatic rings. The van der Waals surface area contributed by atoms with Crippen LogP contribution in [0.25, 0.3) is 0 Å². The van der Waals surface area contributed by atoms with E-state index in [1.54, 1.807) is 0 Å². The van der Waals surface area contributed by atoms with Gasteiger partial charge in [0.25, 0.3) is 6.43 Å². The van der Waals surface area contributed by atoms with Crippen LogP contribution in [0.3, 0.4) is 0 Å². The third-order valence-corrected chi connectivity index (χ3v) is 3.71. The Morgan fingerprint density at radius 3 is 2.43 bits per heavy atom. The van der Waals surface area contributed by atoms with E-state index < -0.39 is 6.43 Å². The normalized spacial score (nSPS) is 18.5. The summed E-state index contributed by atoms with van der Waals surface area (Å²) in [6, 6.07) is 0.303. The topological polar surface area (TPSA) is 51.7 Å². The van der Waals surface area contributed by atoms with Crippen molar-refractivity contribution in [2.24, 2.45) is 4.99 Å². The van der Waals surface area contributed by atoms with Crippen molar-refractivity contribution in [3.05, 3.63) is 0 Å². The quantitative estimate of drug-likeness (QED) is 0.377. The molecule has 0 unspecified atom stereocenters. The van der Waals surface area contributed by atoms with Crippen LogP contribution in [-0.4, -0.2) is 68.1 Å². The van der Waals surface area contributed by atoms with Crippen LogP contribution in [0, 0.1) is 0 Å². The summed E-state index contributed by atoms with van der Waals surface area (Å²) in [6.07, 6.45) is -0.497. The van der Waals surface area contributed by atoms with Gasteiger partial charge in [-0.3, -0.25) is 9.89 Å². The van der Waals surface area contributed by atoms with E-state index in [2.05, 4.69) is 41.7 Å². The summed E-state index contributed by atoms with van der Waals surface area (Å²) in [5.74, 6) is 0.815. The Kier molecular flexibility index (Phi) is 8.76. The lowest BCUT2D eigenvalue weighted by Crippen LogP contribution is -2.49. The van der Waals surface area contributed by atoms with Gasteiger partial charge in [-0.15, -0.1) is 0 Å². The highest BCUT2D eigenvalue weighted by Crippen LogP contribution is 2.11. The molecule has 0 bridgehead atoms. The average molecular weight is 333 g/mol. The van der Waals surface area contributed by atoms with E-state index in [0.717, 1.165) is 31.9 Å². The molecule has 3 N–H and O–H groups in total. The van der Waals surface area contributed by atoms with Crippen molar-refractivity contribution in [3.8, 4) is 0 Å². The summed E-state index contributed by atoms with van der Waals surface area (Å²) < 4.78 is 24.8. The minimum Gasteiger partial charge on any atom is -0.357 e. The third kappa shape index (κ3) is 9.71. The number of halogens is 2. The first-order chi connectivity index (χ1) is 10.8. The summed E-state index contributed by atoms with van der Waals surface area (Å²) in [5, 5.41) is 10.1. The second-order valence-corrected chi connectivity index (χ2v) is 7.05. The second kappa shape index (κ2) is 10.0. The van der Waals surface area contributed by atoms with Gasteiger partial charge in [-0.1, -0.05) is 0 Å². The van der Waals surface area contributed by atoms with Gasteiger partial charge in [-0.05, 0) is 40.5 Å². The van der Waals surface area contributed by atoms with Crippen LogP contribution in [-0.2, 0) is 0 Å². The first-order valence-corrected chi connectivity index (χ1v) is 8.60. The van der Waals surface area contributed by atoms with Crippen molar-refractivity contribution in [3.63, 3.8) is 0 Å². The van der Waals surface area contributed by atoms with E-state index in [-0.39, 0.29) is 12.1 Å². The Bertz CT molecular complexity index is 347. The Morgan fingerprint density at radius 2 is 1.91 bits per heavy atom. The van der Waals surface area contributed by atoms with Gasteiger partial charge >= 0.3 is 0 Å². The molecule has 0 aliphatic carbocycles. The van der Waals surface area contributed by atoms with Crippen LogP contribution >= 0.6 is 0 Å². The zero-order chi connectivity index (χ0) is 17.3. The Balaban J connectivity index is 2.35. The Hall–Kier alpha value is -0.950. The number of hydrogen-bond donors (Lipinski definition) is 3. The fourth-order valence-corrected chi connectivity index (χ4v) is 2.57. The zero-order valence-corrected chi connectivity index (χ0v) is 15.0. The lowest BCUT2D eigenvalue weighted by atomic mass is 10.1. The first kappa shape index (κ1) is 20.1. The van der Waals surface area contributed by atoms with Gasteiger partial charge in [0, 0.05) is 37.8 Å². The standard InChI is InChI=1S/C16H33F2N5/c1-5-19-15(20-8-9-21-16(2,3)4)22-13-6-10-23(11-7-13)12-14(17)18/h13-14,21H,5-12H2,1-4H3,(H2,19,20,22). The number of aliphatic imine (C=N–C) groups is 1. The minimum absolute atomic E-state index is 0.0961. The zero-order valence-electron chi connectivity index (χ0n) is 15.0. The van der Waals surface area contributed by atoms with Gasteiger partial charge in [-0.25, -0.2) is 8.78 Å². The number of guanidine groups is 1. The van der Waals surface area contributed by atoms with E-state index in [4.69, 9.17) is 0 Å². The summed E-state index contributed by atoms with van der Waals surface area (Å²) in [7, 11) is 0. The summed E-state index contributed by atoms with van der Waals surface area (Å²) in [5.41, 5.74) is 0.0961. The molecule has 23 heavy (non-hydrogen) atoms. The van der Waals surface area contributed by atoms with Crippen LogP contribution < -0.4 is 16.0 Å². The van der Waals surface area contributed by atoms with Crippen LogP contribution in [0.1, 0.15) is 40.5 Å². The van der Waals surface area contributed by atoms with Crippen LogP contribution in [0.5, 0.6) is 0 Å². The van der Waals surface area contributed by atoms with E-state index in [0.29, 0.717) is 25.7 Å². The lowest BCUT2D eigenvalue weighted by Gasteiger charge is -2.32. The molecule has 5 nitrogen and oxygen atoms in total. The van der Waals surface area contributed by atoms with Crippen molar-refractivity contribution in [1.29, 1.82) is 0 Å². The van der Waals surface area contributed by atoms with Crippen molar-refractivity contribution >= 4 is 5.96 Å². The van der Waals surface area contributed by atoms with Gasteiger partial charge < -0.3 is 16.0 Å². The Morgan fingerprint density at radius 1 is 1.26 bits per heavy atom. The van der Waals surface area contributed by atoms with Gasteiger partial charge in [0.05, 0.1) is 13.1 Å². The van der Waals surface area contributed by atoms with Crippen molar-refractivity contribution in [1.82, 2.24) is 20.9 Å². The Labute approximate surface area is 139 Å². The lowest BCUT2D eigenvalue weighted by molar-refractivity contribution is 0.0744. The number of nitrogens with one attached hydrogen (secondary N) is 3. The maximum absolute atomic E-state index is 12.4. The smallest absolute Gasteiger partial charge is 0.251 e. The molecule has 1 heterocycles. The molecule has 136 valence electrons. The molecule has 0 amide bonds. The van der Waals surface area contributed by atoms with Crippen molar-refractivity contribution < 1.29 is 8.78 Å². The first-order valence-electron chi connectivity index (χ1n) is 8.60. The number of hydrogen-bond acceptors (Lipinski definition) is 3. The van der Waals surface area contributed by atoms with Crippen LogP contribution in [0.4, 0.5) is 8.78 Å². The second-order valence-electron chi connectivity index (χ2n) is 7.05. The van der Waals surface area contributed by atoms with Gasteiger partial charge in [0.1, 0.15) is 0 Å². The number of nitrogens with zero attached hydrogens (tertiary/aromatic N) is 2. The molecule has 0 aromatic heterocycles. The number of likely N-dealkylation sites (tertiary alicyclic amines) is 1. The fraction of sp³-hybridized carbons (Fsp3) is 0.938. The molecule has 0 aromatic carbocycles. The van der Waals surface area contributed by atoms with E-state index in [1.165, 1.54) is 0 Å².